The fourth-order valence-corrected chi connectivity index (χ4v) is 4.44. The molecule has 1 aliphatic rings. The molecule has 0 spiro atoms. The summed E-state index contributed by atoms with van der Waals surface area (Å²) in [5.41, 5.74) is 0. The third-order valence-corrected chi connectivity index (χ3v) is 6.55. The Kier molecular flexibility index (Phi) is 8.98. The summed E-state index contributed by atoms with van der Waals surface area (Å²) >= 11 is 5.91. The highest BCUT2D eigenvalue weighted by Crippen LogP contribution is 2.19. The summed E-state index contributed by atoms with van der Waals surface area (Å²) in [6, 6.07) is 6.23. The number of hydrogen-bond acceptors (Lipinski definition) is 5. The second-order valence-corrected chi connectivity index (χ2v) is 8.92. The van der Waals surface area contributed by atoms with Gasteiger partial charge in [0.2, 0.25) is 15.9 Å². The lowest BCUT2D eigenvalue weighted by Gasteiger charge is -2.32. The number of carbonyl (C=O) groups is 1. The zero-order valence-corrected chi connectivity index (χ0v) is 17.4. The Morgan fingerprint density at radius 3 is 2.52 bits per heavy atom. The van der Waals surface area contributed by atoms with Gasteiger partial charge in [0.25, 0.3) is 0 Å². The molecule has 27 heavy (non-hydrogen) atoms. The van der Waals surface area contributed by atoms with E-state index in [-0.39, 0.29) is 28.8 Å². The molecule has 0 aliphatic carbocycles. The average Bonchev–Trinajstić information content (AvgIpc) is 2.63. The molecular weight excluding hydrogens is 388 g/mol. The molecule has 0 atom stereocenters. The summed E-state index contributed by atoms with van der Waals surface area (Å²) < 4.78 is 26.8. The van der Waals surface area contributed by atoms with E-state index in [4.69, 9.17) is 11.6 Å². The first-order valence-corrected chi connectivity index (χ1v) is 11.2. The molecule has 1 aromatic carbocycles. The highest BCUT2D eigenvalue weighted by Gasteiger charge is 2.17. The van der Waals surface area contributed by atoms with Gasteiger partial charge in [-0.15, -0.1) is 0 Å². The monoisotopic (exact) mass is 416 g/mol. The number of halogens is 1. The van der Waals surface area contributed by atoms with Gasteiger partial charge in [-0.1, -0.05) is 23.7 Å². The number of unbranched alkanes of at least 4 members (excludes halogenated alkanes) is 1. The van der Waals surface area contributed by atoms with Crippen molar-refractivity contribution in [2.45, 2.75) is 24.2 Å². The van der Waals surface area contributed by atoms with Crippen molar-refractivity contribution >= 4 is 27.5 Å². The van der Waals surface area contributed by atoms with Crippen molar-refractivity contribution in [3.8, 4) is 0 Å². The third kappa shape index (κ3) is 7.75. The molecule has 9 heteroatoms. The van der Waals surface area contributed by atoms with Gasteiger partial charge in [-0.25, -0.2) is 13.1 Å². The van der Waals surface area contributed by atoms with Crippen LogP contribution >= 0.6 is 11.6 Å². The maximum Gasteiger partial charge on any atom is 0.242 e. The molecule has 2 N–H and O–H groups in total. The molecule has 0 aromatic heterocycles. The summed E-state index contributed by atoms with van der Waals surface area (Å²) in [7, 11) is -1.56. The molecule has 1 heterocycles. The van der Waals surface area contributed by atoms with Crippen LogP contribution in [-0.4, -0.2) is 77.0 Å². The quantitative estimate of drug-likeness (QED) is 0.559. The maximum atomic E-state index is 12.2. The van der Waals surface area contributed by atoms with E-state index in [2.05, 4.69) is 26.9 Å². The van der Waals surface area contributed by atoms with Crippen molar-refractivity contribution in [2.24, 2.45) is 0 Å². The lowest BCUT2D eigenvalue weighted by atomic mass is 10.2. The molecule has 152 valence electrons. The summed E-state index contributed by atoms with van der Waals surface area (Å²) in [5, 5.41) is 3.00. The van der Waals surface area contributed by atoms with Crippen LogP contribution in [0.15, 0.2) is 29.2 Å². The van der Waals surface area contributed by atoms with Crippen LogP contribution in [0.25, 0.3) is 0 Å². The number of amides is 1. The van der Waals surface area contributed by atoms with Gasteiger partial charge in [-0.2, -0.15) is 0 Å². The van der Waals surface area contributed by atoms with E-state index < -0.39 is 10.0 Å². The number of benzene rings is 1. The Morgan fingerprint density at radius 2 is 1.81 bits per heavy atom. The second kappa shape index (κ2) is 11.0. The molecule has 7 nitrogen and oxygen atoms in total. The summed E-state index contributed by atoms with van der Waals surface area (Å²) in [6.07, 6.45) is 2.06. The first-order chi connectivity index (χ1) is 12.9. The zero-order valence-electron chi connectivity index (χ0n) is 15.8. The first-order valence-electron chi connectivity index (χ1n) is 9.30. The SMILES string of the molecule is CN1CCN(CCCCNC(=O)CCNS(=O)(=O)c2ccccc2Cl)CC1. The van der Waals surface area contributed by atoms with Crippen LogP contribution in [0.1, 0.15) is 19.3 Å². The topological polar surface area (TPSA) is 81.8 Å². The minimum absolute atomic E-state index is 0.0241. The van der Waals surface area contributed by atoms with E-state index in [1.165, 1.54) is 12.1 Å². The highest BCUT2D eigenvalue weighted by molar-refractivity contribution is 7.89. The largest absolute Gasteiger partial charge is 0.356 e. The molecule has 1 fully saturated rings. The summed E-state index contributed by atoms with van der Waals surface area (Å²) in [4.78, 5) is 16.6. The number of hydrogen-bond donors (Lipinski definition) is 2. The van der Waals surface area contributed by atoms with E-state index in [1.54, 1.807) is 12.1 Å². The van der Waals surface area contributed by atoms with Crippen LogP contribution in [0.3, 0.4) is 0 Å². The lowest BCUT2D eigenvalue weighted by molar-refractivity contribution is -0.120. The standard InChI is InChI=1S/C18H29ClN4O3S/c1-22-12-14-23(15-13-22)11-5-4-9-20-18(24)8-10-21-27(25,26)17-7-3-2-6-16(17)19/h2-3,6-7,21H,4-5,8-15H2,1H3,(H,20,24). The van der Waals surface area contributed by atoms with Gasteiger partial charge in [0.1, 0.15) is 4.90 Å². The summed E-state index contributed by atoms with van der Waals surface area (Å²) in [6.45, 7) is 6.15. The van der Waals surface area contributed by atoms with Crippen molar-refractivity contribution in [1.82, 2.24) is 19.8 Å². The Labute approximate surface area is 167 Å². The Morgan fingerprint density at radius 1 is 1.11 bits per heavy atom. The van der Waals surface area contributed by atoms with Crippen LogP contribution in [0.4, 0.5) is 0 Å². The number of likely N-dealkylation sites (N-methyl/N-ethyl adjacent to an activating group) is 1. The van der Waals surface area contributed by atoms with Crippen molar-refractivity contribution in [3.63, 3.8) is 0 Å². The van der Waals surface area contributed by atoms with E-state index >= 15 is 0 Å². The van der Waals surface area contributed by atoms with Crippen molar-refractivity contribution in [3.05, 3.63) is 29.3 Å². The third-order valence-electron chi connectivity index (χ3n) is 4.59. The minimum atomic E-state index is -3.70. The molecular formula is C18H29ClN4O3S. The zero-order chi connectivity index (χ0) is 19.7. The van der Waals surface area contributed by atoms with Gasteiger partial charge in [-0.05, 0) is 38.6 Å². The Hall–Kier alpha value is -1.19. The van der Waals surface area contributed by atoms with Crippen molar-refractivity contribution in [2.75, 3.05) is 52.9 Å². The number of nitrogens with one attached hydrogen (secondary N) is 2. The molecule has 1 aliphatic heterocycles. The minimum Gasteiger partial charge on any atom is -0.356 e. The molecule has 0 saturated carbocycles. The van der Waals surface area contributed by atoms with Gasteiger partial charge in [0.15, 0.2) is 0 Å². The molecule has 0 radical (unpaired) electrons. The molecule has 1 aromatic rings. The van der Waals surface area contributed by atoms with E-state index in [9.17, 15) is 13.2 Å². The Balaban J connectivity index is 1.56. The lowest BCUT2D eigenvalue weighted by Crippen LogP contribution is -2.44. The fraction of sp³-hybridized carbons (Fsp3) is 0.611. The molecule has 1 amide bonds. The van der Waals surface area contributed by atoms with Gasteiger partial charge >= 0.3 is 0 Å². The van der Waals surface area contributed by atoms with Crippen LogP contribution < -0.4 is 10.0 Å². The smallest absolute Gasteiger partial charge is 0.242 e. The number of piperazine rings is 1. The second-order valence-electron chi connectivity index (χ2n) is 6.78. The molecule has 0 bridgehead atoms. The normalized spacial score (nSPS) is 16.4. The van der Waals surface area contributed by atoms with Gasteiger partial charge in [-0.3, -0.25) is 4.79 Å². The van der Waals surface area contributed by atoms with Gasteiger partial charge in [0.05, 0.1) is 5.02 Å². The van der Waals surface area contributed by atoms with Crippen LogP contribution in [0.5, 0.6) is 0 Å². The summed E-state index contributed by atoms with van der Waals surface area (Å²) in [5.74, 6) is -0.156. The number of nitrogens with zero attached hydrogens (tertiary/aromatic N) is 2. The van der Waals surface area contributed by atoms with Crippen molar-refractivity contribution in [1.29, 1.82) is 0 Å². The van der Waals surface area contributed by atoms with Gasteiger partial charge < -0.3 is 15.1 Å². The van der Waals surface area contributed by atoms with Gasteiger partial charge in [0, 0.05) is 45.7 Å². The first kappa shape index (κ1) is 22.1. The fourth-order valence-electron chi connectivity index (χ4n) is 2.89. The maximum absolute atomic E-state index is 12.2. The predicted molar refractivity (Wildman–Crippen MR) is 107 cm³/mol. The molecule has 2 rings (SSSR count). The highest BCUT2D eigenvalue weighted by atomic mass is 35.5. The van der Waals surface area contributed by atoms with Crippen LogP contribution in [-0.2, 0) is 14.8 Å². The van der Waals surface area contributed by atoms with E-state index in [0.717, 1.165) is 45.6 Å². The average molecular weight is 417 g/mol. The van der Waals surface area contributed by atoms with Crippen LogP contribution in [0, 0.1) is 0 Å². The number of rotatable bonds is 10. The Bertz CT molecular complexity index is 706. The molecule has 0 unspecified atom stereocenters. The van der Waals surface area contributed by atoms with Crippen molar-refractivity contribution < 1.29 is 13.2 Å². The van der Waals surface area contributed by atoms with Crippen LogP contribution in [0.2, 0.25) is 5.02 Å². The number of carbonyl (C=O) groups excluding carboxylic acids is 1. The number of sulfonamides is 1. The van der Waals surface area contributed by atoms with E-state index in [0.29, 0.717) is 6.54 Å². The van der Waals surface area contributed by atoms with E-state index in [1.807, 2.05) is 0 Å². The predicted octanol–water partition coefficient (Wildman–Crippen LogP) is 1.15. The molecule has 1 saturated heterocycles.